The molecular weight excluding hydrogens is 210 g/mol. The maximum atomic E-state index is 4.10. The summed E-state index contributed by atoms with van der Waals surface area (Å²) in [5.41, 5.74) is 2.52. The van der Waals surface area contributed by atoms with E-state index < -0.39 is 0 Å². The normalized spacial score (nSPS) is 13.6. The lowest BCUT2D eigenvalue weighted by atomic mass is 10.2. The first-order valence-electron chi connectivity index (χ1n) is 4.30. The minimum absolute atomic E-state index is 1.22. The van der Waals surface area contributed by atoms with Crippen molar-refractivity contribution in [1.82, 2.24) is 0 Å². The lowest BCUT2D eigenvalue weighted by Crippen LogP contribution is -2.03. The minimum Gasteiger partial charge on any atom is -0.480 e. The highest BCUT2D eigenvalue weighted by Gasteiger charge is 2.11. The fraction of sp³-hybridized carbons (Fsp3) is 0. The first-order valence-corrected chi connectivity index (χ1v) is 6.06. The van der Waals surface area contributed by atoms with Crippen molar-refractivity contribution in [2.45, 2.75) is 0 Å². The van der Waals surface area contributed by atoms with Crippen molar-refractivity contribution in [3.05, 3.63) is 41.1 Å². The molecule has 0 saturated carbocycles. The molecule has 0 amide bonds. The number of thiophene rings is 2. The molecule has 14 heavy (non-hydrogen) atoms. The first-order chi connectivity index (χ1) is 6.86. The second-order valence-electron chi connectivity index (χ2n) is 3.12. The number of anilines is 2. The van der Waals surface area contributed by atoms with E-state index in [9.17, 15) is 0 Å². The van der Waals surface area contributed by atoms with Gasteiger partial charge in [-0.2, -0.15) is 0 Å². The topological polar surface area (TPSA) is 3.24 Å². The average Bonchev–Trinajstić information content (AvgIpc) is 2.81. The molecule has 3 rings (SSSR count). The third-order valence-electron chi connectivity index (χ3n) is 2.28. The lowest BCUT2D eigenvalue weighted by Gasteiger charge is -2.25. The molecule has 3 heterocycles. The van der Waals surface area contributed by atoms with Crippen LogP contribution in [-0.2, 0) is 0 Å². The largest absolute Gasteiger partial charge is 0.480 e. The Hall–Kier alpha value is -1.06. The third kappa shape index (κ3) is 1.06. The Morgan fingerprint density at radius 1 is 0.929 bits per heavy atom. The van der Waals surface area contributed by atoms with E-state index in [2.05, 4.69) is 42.1 Å². The van der Waals surface area contributed by atoms with Gasteiger partial charge >= 0.3 is 0 Å². The zero-order chi connectivity index (χ0) is 9.54. The summed E-state index contributed by atoms with van der Waals surface area (Å²) < 4.78 is 0. The van der Waals surface area contributed by atoms with Crippen molar-refractivity contribution in [1.29, 1.82) is 0 Å². The molecule has 0 aromatic carbocycles. The van der Waals surface area contributed by atoms with Gasteiger partial charge in [-0.1, -0.05) is 12.2 Å². The SMILES string of the molecule is [CH2-]N1c2sccc2C=Cc2ccsc21. The van der Waals surface area contributed by atoms with E-state index in [1.165, 1.54) is 21.1 Å². The zero-order valence-electron chi connectivity index (χ0n) is 7.43. The predicted octanol–water partition coefficient (Wildman–Crippen LogP) is 4.22. The van der Waals surface area contributed by atoms with E-state index in [1.807, 2.05) is 4.90 Å². The van der Waals surface area contributed by atoms with Crippen LogP contribution in [0.5, 0.6) is 0 Å². The number of hydrogen-bond acceptors (Lipinski definition) is 3. The first kappa shape index (κ1) is 8.26. The van der Waals surface area contributed by atoms with Gasteiger partial charge in [0.2, 0.25) is 0 Å². The maximum Gasteiger partial charge on any atom is 0.0733 e. The number of hydrogen-bond donors (Lipinski definition) is 0. The molecule has 3 heteroatoms. The Morgan fingerprint density at radius 2 is 1.43 bits per heavy atom. The van der Waals surface area contributed by atoms with E-state index in [-0.39, 0.29) is 0 Å². The van der Waals surface area contributed by atoms with Crippen LogP contribution in [0.15, 0.2) is 22.9 Å². The van der Waals surface area contributed by atoms with E-state index in [0.29, 0.717) is 0 Å². The van der Waals surface area contributed by atoms with Crippen LogP contribution < -0.4 is 4.90 Å². The molecule has 0 radical (unpaired) electrons. The monoisotopic (exact) mass is 218 g/mol. The highest BCUT2D eigenvalue weighted by molar-refractivity contribution is 7.17. The van der Waals surface area contributed by atoms with E-state index in [0.717, 1.165) is 0 Å². The Kier molecular flexibility index (Phi) is 1.75. The van der Waals surface area contributed by atoms with Gasteiger partial charge < -0.3 is 4.90 Å². The van der Waals surface area contributed by atoms with Crippen molar-refractivity contribution < 1.29 is 0 Å². The van der Waals surface area contributed by atoms with E-state index in [1.54, 1.807) is 22.7 Å². The molecule has 0 unspecified atom stereocenters. The standard InChI is InChI=1S/C11H8NS2/c1-12-10-8(4-6-13-10)2-3-9-5-7-14-11(9)12/h2-7H,1H2/q-1. The summed E-state index contributed by atoms with van der Waals surface area (Å²) in [6, 6.07) is 4.26. The van der Waals surface area contributed by atoms with Crippen LogP contribution in [0.2, 0.25) is 0 Å². The number of nitrogens with zero attached hydrogens (tertiary/aromatic N) is 1. The highest BCUT2D eigenvalue weighted by atomic mass is 32.1. The Morgan fingerprint density at radius 3 is 1.93 bits per heavy atom. The van der Waals surface area contributed by atoms with Gasteiger partial charge in [0.25, 0.3) is 0 Å². The summed E-state index contributed by atoms with van der Waals surface area (Å²) in [5, 5.41) is 6.65. The van der Waals surface area contributed by atoms with Gasteiger partial charge in [0, 0.05) is 11.1 Å². The highest BCUT2D eigenvalue weighted by Crippen LogP contribution is 2.41. The molecule has 0 saturated heterocycles. The van der Waals surface area contributed by atoms with Gasteiger partial charge in [-0.3, -0.25) is 0 Å². The van der Waals surface area contributed by atoms with Crippen LogP contribution in [0.25, 0.3) is 12.2 Å². The lowest BCUT2D eigenvalue weighted by molar-refractivity contribution is 1.36. The summed E-state index contributed by atoms with van der Waals surface area (Å²) in [6.07, 6.45) is 4.31. The molecule has 1 aliphatic rings. The molecule has 2 aromatic rings. The predicted molar refractivity (Wildman–Crippen MR) is 65.1 cm³/mol. The van der Waals surface area contributed by atoms with Crippen molar-refractivity contribution in [3.8, 4) is 0 Å². The average molecular weight is 218 g/mol. The van der Waals surface area contributed by atoms with Crippen molar-refractivity contribution in [3.63, 3.8) is 0 Å². The van der Waals surface area contributed by atoms with Gasteiger partial charge in [-0.05, 0) is 22.9 Å². The van der Waals surface area contributed by atoms with Crippen LogP contribution >= 0.6 is 22.7 Å². The maximum absolute atomic E-state index is 4.10. The number of rotatable bonds is 0. The van der Waals surface area contributed by atoms with Crippen LogP contribution in [0, 0.1) is 7.05 Å². The molecule has 1 nitrogen and oxygen atoms in total. The Bertz CT molecular complexity index is 449. The smallest absolute Gasteiger partial charge is 0.0733 e. The van der Waals surface area contributed by atoms with Gasteiger partial charge in [-0.15, -0.1) is 22.7 Å². The molecule has 0 atom stereocenters. The molecule has 0 N–H and O–H groups in total. The summed E-state index contributed by atoms with van der Waals surface area (Å²) in [4.78, 5) is 2.03. The van der Waals surface area contributed by atoms with Crippen LogP contribution in [-0.4, -0.2) is 0 Å². The van der Waals surface area contributed by atoms with Gasteiger partial charge in [0.15, 0.2) is 0 Å². The van der Waals surface area contributed by atoms with Crippen molar-refractivity contribution >= 4 is 44.8 Å². The molecule has 0 bridgehead atoms. The number of fused-ring (bicyclic) bond motifs is 2. The summed E-state index contributed by atoms with van der Waals surface area (Å²) in [6.45, 7) is 0. The molecular formula is C11H8NS2-. The van der Waals surface area contributed by atoms with E-state index >= 15 is 0 Å². The molecule has 0 fully saturated rings. The van der Waals surface area contributed by atoms with Crippen LogP contribution in [0.4, 0.5) is 10.0 Å². The fourth-order valence-corrected chi connectivity index (χ4v) is 3.31. The van der Waals surface area contributed by atoms with E-state index in [4.69, 9.17) is 0 Å². The molecule has 1 aliphatic heterocycles. The second kappa shape index (κ2) is 2.97. The summed E-state index contributed by atoms with van der Waals surface area (Å²) >= 11 is 3.47. The summed E-state index contributed by atoms with van der Waals surface area (Å²) in [5.74, 6) is 0. The molecule has 0 aliphatic carbocycles. The molecule has 70 valence electrons. The second-order valence-corrected chi connectivity index (χ2v) is 4.91. The van der Waals surface area contributed by atoms with Gasteiger partial charge in [0.1, 0.15) is 0 Å². The van der Waals surface area contributed by atoms with Gasteiger partial charge in [0.05, 0.1) is 10.0 Å². The molecule has 0 spiro atoms. The van der Waals surface area contributed by atoms with Crippen molar-refractivity contribution in [2.75, 3.05) is 4.90 Å². The van der Waals surface area contributed by atoms with Crippen LogP contribution in [0.1, 0.15) is 11.1 Å². The minimum atomic E-state index is 1.22. The summed E-state index contributed by atoms with van der Waals surface area (Å²) in [7, 11) is 4.10. The Balaban J connectivity index is 2.26. The van der Waals surface area contributed by atoms with Crippen molar-refractivity contribution in [2.24, 2.45) is 0 Å². The van der Waals surface area contributed by atoms with Gasteiger partial charge in [-0.25, -0.2) is 7.05 Å². The zero-order valence-corrected chi connectivity index (χ0v) is 9.07. The Labute approximate surface area is 90.9 Å². The van der Waals surface area contributed by atoms with Crippen LogP contribution in [0.3, 0.4) is 0 Å². The molecule has 2 aromatic heterocycles. The fourth-order valence-electron chi connectivity index (χ4n) is 1.59. The quantitative estimate of drug-likeness (QED) is 0.598. The third-order valence-corrected chi connectivity index (χ3v) is 4.18.